The molecule has 0 saturated carbocycles. The average molecular weight is 386 g/mol. The summed E-state index contributed by atoms with van der Waals surface area (Å²) in [4.78, 5) is 12.3. The van der Waals surface area contributed by atoms with Crippen LogP contribution in [0.15, 0.2) is 81.9 Å². The first-order valence-electron chi connectivity index (χ1n) is 7.48. The van der Waals surface area contributed by atoms with Crippen molar-refractivity contribution >= 4 is 21.8 Å². The average Bonchev–Trinajstić information content (AvgIpc) is 3.13. The zero-order valence-electron chi connectivity index (χ0n) is 12.8. The minimum atomic E-state index is -0.347. The zero-order chi connectivity index (χ0) is 16.8. The summed E-state index contributed by atoms with van der Waals surface area (Å²) in [6, 6.07) is 20.3. The fraction of sp³-hybridized carbons (Fsp3) is 0.105. The van der Waals surface area contributed by atoms with E-state index in [1.165, 1.54) is 0 Å². The van der Waals surface area contributed by atoms with Crippen molar-refractivity contribution < 1.29 is 13.9 Å². The van der Waals surface area contributed by atoms with Gasteiger partial charge in [-0.2, -0.15) is 0 Å². The van der Waals surface area contributed by atoms with Crippen LogP contribution in [0.4, 0.5) is 0 Å². The fourth-order valence-corrected chi connectivity index (χ4v) is 2.71. The molecule has 0 bridgehead atoms. The van der Waals surface area contributed by atoms with E-state index in [-0.39, 0.29) is 18.6 Å². The zero-order valence-corrected chi connectivity index (χ0v) is 14.4. The van der Waals surface area contributed by atoms with Gasteiger partial charge in [-0.15, -0.1) is 0 Å². The minimum absolute atomic E-state index is 0.0690. The molecule has 1 N–H and O–H groups in total. The van der Waals surface area contributed by atoms with Crippen LogP contribution in [0.3, 0.4) is 0 Å². The van der Waals surface area contributed by atoms with Crippen LogP contribution >= 0.6 is 15.9 Å². The molecular weight excluding hydrogens is 370 g/mol. The van der Waals surface area contributed by atoms with Crippen LogP contribution in [-0.2, 0) is 4.79 Å². The Kier molecular flexibility index (Phi) is 5.33. The Morgan fingerprint density at radius 2 is 1.92 bits per heavy atom. The number of hydrogen-bond acceptors (Lipinski definition) is 3. The van der Waals surface area contributed by atoms with Crippen molar-refractivity contribution in [3.8, 4) is 5.75 Å². The molecule has 0 saturated heterocycles. The van der Waals surface area contributed by atoms with Gasteiger partial charge in [-0.1, -0.05) is 52.3 Å². The maximum atomic E-state index is 12.3. The van der Waals surface area contributed by atoms with Crippen LogP contribution in [-0.4, -0.2) is 12.5 Å². The Balaban J connectivity index is 1.68. The molecule has 24 heavy (non-hydrogen) atoms. The number of carbonyl (C=O) groups is 1. The van der Waals surface area contributed by atoms with Gasteiger partial charge in [-0.25, -0.2) is 0 Å². The molecule has 1 atom stereocenters. The largest absolute Gasteiger partial charge is 0.484 e. The monoisotopic (exact) mass is 385 g/mol. The third kappa shape index (κ3) is 4.26. The van der Waals surface area contributed by atoms with Crippen LogP contribution in [0.5, 0.6) is 5.75 Å². The predicted octanol–water partition coefficient (Wildman–Crippen LogP) is 4.33. The van der Waals surface area contributed by atoms with Crippen LogP contribution in [0, 0.1) is 0 Å². The molecule has 0 radical (unpaired) electrons. The second kappa shape index (κ2) is 7.84. The Morgan fingerprint density at radius 1 is 1.08 bits per heavy atom. The van der Waals surface area contributed by atoms with Crippen LogP contribution < -0.4 is 10.1 Å². The van der Waals surface area contributed by atoms with Crippen molar-refractivity contribution in [3.63, 3.8) is 0 Å². The molecule has 0 fully saturated rings. The van der Waals surface area contributed by atoms with Crippen molar-refractivity contribution in [1.82, 2.24) is 5.32 Å². The highest BCUT2D eigenvalue weighted by Gasteiger charge is 2.19. The molecule has 3 aromatic rings. The van der Waals surface area contributed by atoms with E-state index in [2.05, 4.69) is 21.2 Å². The van der Waals surface area contributed by atoms with Crippen LogP contribution in [0.2, 0.25) is 0 Å². The highest BCUT2D eigenvalue weighted by molar-refractivity contribution is 9.10. The lowest BCUT2D eigenvalue weighted by molar-refractivity contribution is -0.123. The lowest BCUT2D eigenvalue weighted by Gasteiger charge is -2.17. The molecule has 3 rings (SSSR count). The van der Waals surface area contributed by atoms with Gasteiger partial charge in [0, 0.05) is 4.47 Å². The first kappa shape index (κ1) is 16.3. The Morgan fingerprint density at radius 3 is 2.62 bits per heavy atom. The van der Waals surface area contributed by atoms with Crippen molar-refractivity contribution in [2.24, 2.45) is 0 Å². The molecule has 4 nitrogen and oxygen atoms in total. The third-order valence-corrected chi connectivity index (χ3v) is 3.93. The van der Waals surface area contributed by atoms with Gasteiger partial charge in [0.2, 0.25) is 0 Å². The molecule has 0 aliphatic carbocycles. The summed E-state index contributed by atoms with van der Waals surface area (Å²) in [6.45, 7) is -0.0690. The number of rotatable bonds is 6. The number of ether oxygens (including phenoxy) is 1. The molecular formula is C19H16BrNO3. The highest BCUT2D eigenvalue weighted by atomic mass is 79.9. The lowest BCUT2D eigenvalue weighted by Crippen LogP contribution is -2.33. The van der Waals surface area contributed by atoms with Crippen molar-refractivity contribution in [2.45, 2.75) is 6.04 Å². The first-order valence-corrected chi connectivity index (χ1v) is 8.28. The molecule has 0 aliphatic heterocycles. The number of furan rings is 1. The minimum Gasteiger partial charge on any atom is -0.484 e. The molecule has 2 aromatic carbocycles. The first-order chi connectivity index (χ1) is 11.7. The molecule has 0 spiro atoms. The summed E-state index contributed by atoms with van der Waals surface area (Å²) in [7, 11) is 0. The molecule has 0 unspecified atom stereocenters. The van der Waals surface area contributed by atoms with Gasteiger partial charge in [0.1, 0.15) is 17.6 Å². The number of hydrogen-bond donors (Lipinski definition) is 1. The Labute approximate surface area is 148 Å². The summed E-state index contributed by atoms with van der Waals surface area (Å²) in [5.41, 5.74) is 0.947. The van der Waals surface area contributed by atoms with E-state index >= 15 is 0 Å². The number of benzene rings is 2. The highest BCUT2D eigenvalue weighted by Crippen LogP contribution is 2.22. The summed E-state index contributed by atoms with van der Waals surface area (Å²) < 4.78 is 11.9. The molecule has 1 heterocycles. The van der Waals surface area contributed by atoms with Crippen molar-refractivity contribution in [2.75, 3.05) is 6.61 Å². The topological polar surface area (TPSA) is 51.5 Å². The van der Waals surface area contributed by atoms with E-state index < -0.39 is 0 Å². The number of halogens is 1. The molecule has 5 heteroatoms. The number of amides is 1. The quantitative estimate of drug-likeness (QED) is 0.686. The van der Waals surface area contributed by atoms with Gasteiger partial charge < -0.3 is 14.5 Å². The lowest BCUT2D eigenvalue weighted by atomic mass is 10.0. The second-order valence-corrected chi connectivity index (χ2v) is 6.09. The van der Waals surface area contributed by atoms with Gasteiger partial charge >= 0.3 is 0 Å². The van der Waals surface area contributed by atoms with Crippen LogP contribution in [0.1, 0.15) is 17.4 Å². The Bertz CT molecular complexity index is 787. The predicted molar refractivity (Wildman–Crippen MR) is 94.8 cm³/mol. The van der Waals surface area contributed by atoms with Crippen LogP contribution in [0.25, 0.3) is 0 Å². The van der Waals surface area contributed by atoms with Crippen molar-refractivity contribution in [3.05, 3.63) is 88.8 Å². The van der Waals surface area contributed by atoms with Crippen molar-refractivity contribution in [1.29, 1.82) is 0 Å². The van der Waals surface area contributed by atoms with Gasteiger partial charge in [0.15, 0.2) is 6.61 Å². The van der Waals surface area contributed by atoms with E-state index in [1.807, 2.05) is 54.6 Å². The van der Waals surface area contributed by atoms with E-state index in [0.29, 0.717) is 11.5 Å². The maximum absolute atomic E-state index is 12.3. The SMILES string of the molecule is O=C(COc1cccc(Br)c1)N[C@@H](c1ccccc1)c1ccco1. The van der Waals surface area contributed by atoms with Gasteiger partial charge in [-0.05, 0) is 35.9 Å². The third-order valence-electron chi connectivity index (χ3n) is 3.43. The molecule has 1 amide bonds. The molecule has 0 aliphatic rings. The molecule has 122 valence electrons. The standard InChI is InChI=1S/C19H16BrNO3/c20-15-8-4-9-16(12-15)24-13-18(22)21-19(17-10-5-11-23-17)14-6-2-1-3-7-14/h1-12,19H,13H2,(H,21,22)/t19-/m0/s1. The summed E-state index contributed by atoms with van der Waals surface area (Å²) in [5.74, 6) is 1.09. The van der Waals surface area contributed by atoms with E-state index in [1.54, 1.807) is 18.4 Å². The number of carbonyl (C=O) groups excluding carboxylic acids is 1. The summed E-state index contributed by atoms with van der Waals surface area (Å²) in [6.07, 6.45) is 1.59. The summed E-state index contributed by atoms with van der Waals surface area (Å²) in [5, 5.41) is 2.95. The van der Waals surface area contributed by atoms with Gasteiger partial charge in [0.25, 0.3) is 5.91 Å². The Hall–Kier alpha value is -2.53. The van der Waals surface area contributed by atoms with Gasteiger partial charge in [-0.3, -0.25) is 4.79 Å². The summed E-state index contributed by atoms with van der Waals surface area (Å²) >= 11 is 3.37. The van der Waals surface area contributed by atoms with E-state index in [0.717, 1.165) is 10.0 Å². The van der Waals surface area contributed by atoms with E-state index in [9.17, 15) is 4.79 Å². The normalized spacial score (nSPS) is 11.7. The smallest absolute Gasteiger partial charge is 0.258 e. The van der Waals surface area contributed by atoms with Gasteiger partial charge in [0.05, 0.1) is 6.26 Å². The van der Waals surface area contributed by atoms with E-state index in [4.69, 9.17) is 9.15 Å². The fourth-order valence-electron chi connectivity index (χ4n) is 2.33. The molecule has 1 aromatic heterocycles. The second-order valence-electron chi connectivity index (χ2n) is 5.17. The number of nitrogens with one attached hydrogen (secondary N) is 1. The maximum Gasteiger partial charge on any atom is 0.258 e.